The Bertz CT molecular complexity index is 756. The Morgan fingerprint density at radius 2 is 1.58 bits per heavy atom. The van der Waals surface area contributed by atoms with E-state index in [1.165, 1.54) is 45.2 Å². The van der Waals surface area contributed by atoms with Gasteiger partial charge in [-0.25, -0.2) is 14.4 Å². The van der Waals surface area contributed by atoms with Crippen LogP contribution in [0.5, 0.6) is 5.75 Å². The number of benzene rings is 1. The van der Waals surface area contributed by atoms with Gasteiger partial charge in [0, 0.05) is 25.7 Å². The molecule has 0 aliphatic carbocycles. The monoisotopic (exact) mass is 363 g/mol. The lowest BCUT2D eigenvalue weighted by atomic mass is 10.2. The van der Waals surface area contributed by atoms with Crippen molar-refractivity contribution in [3.8, 4) is 5.75 Å². The van der Waals surface area contributed by atoms with Gasteiger partial charge >= 0.3 is 23.8 Å². The second-order valence-corrected chi connectivity index (χ2v) is 5.59. The van der Waals surface area contributed by atoms with Crippen molar-refractivity contribution in [2.45, 2.75) is 19.6 Å². The van der Waals surface area contributed by atoms with Crippen LogP contribution in [-0.4, -0.2) is 43.8 Å². The zero-order valence-electron chi connectivity index (χ0n) is 14.6. The van der Waals surface area contributed by atoms with Crippen molar-refractivity contribution in [2.24, 2.45) is 0 Å². The zero-order chi connectivity index (χ0) is 19.5. The molecule has 1 aliphatic rings. The van der Waals surface area contributed by atoms with Crippen LogP contribution in [0.2, 0.25) is 0 Å². The van der Waals surface area contributed by atoms with Crippen LogP contribution in [0.3, 0.4) is 0 Å². The molecule has 9 heteroatoms. The van der Waals surface area contributed by atoms with Gasteiger partial charge in [0.25, 0.3) is 5.79 Å². The quantitative estimate of drug-likeness (QED) is 0.338. The molecule has 1 aromatic carbocycles. The molecule has 0 spiro atoms. The van der Waals surface area contributed by atoms with Crippen LogP contribution in [-0.2, 0) is 33.4 Å². The number of nitrogens with zero attached hydrogens (tertiary/aromatic N) is 1. The fourth-order valence-electron chi connectivity index (χ4n) is 2.07. The van der Waals surface area contributed by atoms with E-state index in [4.69, 9.17) is 14.2 Å². The highest BCUT2D eigenvalue weighted by molar-refractivity contribution is 6.39. The summed E-state index contributed by atoms with van der Waals surface area (Å²) in [5.74, 6) is -5.19. The van der Waals surface area contributed by atoms with E-state index in [-0.39, 0.29) is 5.69 Å². The number of hydrogen-bond donors (Lipinski definition) is 0. The third kappa shape index (κ3) is 4.00. The molecule has 1 heterocycles. The van der Waals surface area contributed by atoms with Crippen LogP contribution >= 0.6 is 0 Å². The van der Waals surface area contributed by atoms with Crippen LogP contribution in [0, 0.1) is 0 Å². The van der Waals surface area contributed by atoms with Crippen molar-refractivity contribution in [3.05, 3.63) is 36.0 Å². The van der Waals surface area contributed by atoms with Crippen molar-refractivity contribution in [2.75, 3.05) is 19.1 Å². The Morgan fingerprint density at radius 3 is 2.04 bits per heavy atom. The van der Waals surface area contributed by atoms with Gasteiger partial charge in [0.15, 0.2) is 5.57 Å². The molecule has 1 saturated heterocycles. The average Bonchev–Trinajstić information content (AvgIpc) is 2.59. The second-order valence-electron chi connectivity index (χ2n) is 5.59. The minimum absolute atomic E-state index is 0.194. The van der Waals surface area contributed by atoms with E-state index in [2.05, 4.69) is 4.74 Å². The molecule has 0 saturated carbocycles. The van der Waals surface area contributed by atoms with Crippen molar-refractivity contribution >= 4 is 29.5 Å². The Labute approximate surface area is 149 Å². The van der Waals surface area contributed by atoms with Crippen LogP contribution in [0.4, 0.5) is 5.69 Å². The Kier molecular flexibility index (Phi) is 5.30. The van der Waals surface area contributed by atoms with Crippen LogP contribution in [0.1, 0.15) is 13.8 Å². The van der Waals surface area contributed by atoms with Crippen molar-refractivity contribution in [3.63, 3.8) is 0 Å². The smallest absolute Gasteiger partial charge is 0.397 e. The van der Waals surface area contributed by atoms with Gasteiger partial charge in [-0.2, -0.15) is 0 Å². The van der Waals surface area contributed by atoms with E-state index in [0.717, 1.165) is 18.2 Å². The summed E-state index contributed by atoms with van der Waals surface area (Å²) >= 11 is 0. The molecule has 0 atom stereocenters. The first-order valence-corrected chi connectivity index (χ1v) is 7.42. The third-order valence-corrected chi connectivity index (χ3v) is 3.30. The summed E-state index contributed by atoms with van der Waals surface area (Å²) in [6.07, 6.45) is 0.876. The summed E-state index contributed by atoms with van der Waals surface area (Å²) in [6.45, 7) is 2.78. The molecule has 26 heavy (non-hydrogen) atoms. The first-order chi connectivity index (χ1) is 12.2. The van der Waals surface area contributed by atoms with Crippen molar-refractivity contribution in [1.82, 2.24) is 0 Å². The fourth-order valence-corrected chi connectivity index (χ4v) is 2.07. The molecule has 1 aromatic rings. The van der Waals surface area contributed by atoms with Gasteiger partial charge in [-0.05, 0) is 24.3 Å². The third-order valence-electron chi connectivity index (χ3n) is 3.30. The molecular formula is C17H17NO8. The fraction of sp³-hybridized carbons (Fsp3) is 0.294. The highest BCUT2D eigenvalue weighted by atomic mass is 16.7. The topological polar surface area (TPSA) is 108 Å². The SMILES string of the molecule is COC(=O)C(=O)N(C=C1C(=O)OC(C)(C)OC1=O)c1ccc(OC)cc1. The molecular weight excluding hydrogens is 346 g/mol. The number of esters is 3. The average molecular weight is 363 g/mol. The zero-order valence-corrected chi connectivity index (χ0v) is 14.6. The maximum atomic E-state index is 12.3. The Hall–Kier alpha value is -3.36. The van der Waals surface area contributed by atoms with Gasteiger partial charge in [0.05, 0.1) is 14.2 Å². The van der Waals surface area contributed by atoms with E-state index in [9.17, 15) is 19.2 Å². The number of carbonyl (C=O) groups is 4. The number of hydrogen-bond acceptors (Lipinski definition) is 8. The molecule has 0 N–H and O–H groups in total. The maximum absolute atomic E-state index is 12.3. The van der Waals surface area contributed by atoms with E-state index >= 15 is 0 Å². The van der Waals surface area contributed by atoms with E-state index in [0.29, 0.717) is 5.75 Å². The number of anilines is 1. The standard InChI is InChI=1S/C17H17NO8/c1-17(2)25-14(20)12(15(21)26-17)9-18(13(19)16(22)24-4)10-5-7-11(23-3)8-6-10/h5-9H,1-4H3. The van der Waals surface area contributed by atoms with Crippen LogP contribution in [0.15, 0.2) is 36.0 Å². The number of ether oxygens (including phenoxy) is 4. The summed E-state index contributed by atoms with van der Waals surface area (Å²) in [5, 5.41) is 0. The van der Waals surface area contributed by atoms with E-state index < -0.39 is 35.2 Å². The summed E-state index contributed by atoms with van der Waals surface area (Å²) < 4.78 is 19.4. The highest BCUT2D eigenvalue weighted by Gasteiger charge is 2.40. The number of methoxy groups -OCH3 is 2. The molecule has 0 unspecified atom stereocenters. The number of amides is 1. The van der Waals surface area contributed by atoms with Crippen LogP contribution in [0.25, 0.3) is 0 Å². The van der Waals surface area contributed by atoms with Crippen molar-refractivity contribution in [1.29, 1.82) is 0 Å². The lowest BCUT2D eigenvalue weighted by Gasteiger charge is -2.30. The Morgan fingerprint density at radius 1 is 1.04 bits per heavy atom. The maximum Gasteiger partial charge on any atom is 0.397 e. The number of cyclic esters (lactones) is 2. The van der Waals surface area contributed by atoms with Gasteiger partial charge in [-0.3, -0.25) is 9.69 Å². The lowest BCUT2D eigenvalue weighted by Crippen LogP contribution is -2.43. The molecule has 1 fully saturated rings. The summed E-state index contributed by atoms with van der Waals surface area (Å²) in [7, 11) is 2.50. The second kappa shape index (κ2) is 7.26. The molecule has 2 rings (SSSR count). The molecule has 1 aliphatic heterocycles. The largest absolute Gasteiger partial charge is 0.497 e. The minimum Gasteiger partial charge on any atom is -0.497 e. The Balaban J connectivity index is 2.46. The molecule has 0 bridgehead atoms. The highest BCUT2D eigenvalue weighted by Crippen LogP contribution is 2.25. The number of carbonyl (C=O) groups excluding carboxylic acids is 4. The molecule has 1 amide bonds. The lowest BCUT2D eigenvalue weighted by molar-refractivity contribution is -0.222. The minimum atomic E-state index is -1.43. The molecule has 0 radical (unpaired) electrons. The van der Waals surface area contributed by atoms with E-state index in [1.807, 2.05) is 0 Å². The first-order valence-electron chi connectivity index (χ1n) is 7.42. The summed E-state index contributed by atoms with van der Waals surface area (Å²) in [4.78, 5) is 48.9. The molecule has 138 valence electrons. The van der Waals surface area contributed by atoms with Gasteiger partial charge < -0.3 is 18.9 Å². The van der Waals surface area contributed by atoms with Gasteiger partial charge in [0.1, 0.15) is 5.75 Å². The predicted molar refractivity (Wildman–Crippen MR) is 86.8 cm³/mol. The summed E-state index contributed by atoms with van der Waals surface area (Å²) in [6, 6.07) is 5.98. The number of rotatable bonds is 3. The van der Waals surface area contributed by atoms with Crippen molar-refractivity contribution < 1.29 is 38.1 Å². The van der Waals surface area contributed by atoms with Gasteiger partial charge in [-0.15, -0.1) is 0 Å². The van der Waals surface area contributed by atoms with Crippen LogP contribution < -0.4 is 9.64 Å². The van der Waals surface area contributed by atoms with Gasteiger partial charge in [0.2, 0.25) is 0 Å². The first kappa shape index (κ1) is 19.0. The summed E-state index contributed by atoms with van der Waals surface area (Å²) in [5.41, 5.74) is -0.350. The molecule has 9 nitrogen and oxygen atoms in total. The normalized spacial score (nSPS) is 15.5. The van der Waals surface area contributed by atoms with Gasteiger partial charge in [-0.1, -0.05) is 0 Å². The molecule has 0 aromatic heterocycles. The predicted octanol–water partition coefficient (Wildman–Crippen LogP) is 0.921. The van der Waals surface area contributed by atoms with E-state index in [1.54, 1.807) is 0 Å².